The highest BCUT2D eigenvalue weighted by Gasteiger charge is 2.20. The molecule has 2 rings (SSSR count). The Morgan fingerprint density at radius 2 is 1.78 bits per heavy atom. The van der Waals surface area contributed by atoms with Crippen molar-refractivity contribution in [1.82, 2.24) is 9.88 Å². The lowest BCUT2D eigenvalue weighted by Gasteiger charge is -2.21. The van der Waals surface area contributed by atoms with Crippen LogP contribution in [0.25, 0.3) is 0 Å². The topological polar surface area (TPSA) is 72.6 Å². The number of esters is 1. The molecule has 1 aromatic carbocycles. The van der Waals surface area contributed by atoms with E-state index in [-0.39, 0.29) is 24.1 Å². The number of amides is 1. The van der Waals surface area contributed by atoms with Crippen LogP contribution in [0.4, 0.5) is 0 Å². The van der Waals surface area contributed by atoms with Crippen LogP contribution in [0.5, 0.6) is 5.75 Å². The van der Waals surface area contributed by atoms with Crippen LogP contribution in [0, 0.1) is 0 Å². The van der Waals surface area contributed by atoms with Crippen LogP contribution in [-0.2, 0) is 4.79 Å². The summed E-state index contributed by atoms with van der Waals surface area (Å²) in [5.41, 5.74) is 0. The lowest BCUT2D eigenvalue weighted by atomic mass is 10.1. The predicted octanol–water partition coefficient (Wildman–Crippen LogP) is 4.47. The first-order chi connectivity index (χ1) is 13.2. The number of unbranched alkanes of at least 4 members (excludes halogenated alkanes) is 5. The molecule has 0 radical (unpaired) electrons. The minimum atomic E-state index is -0.362. The number of oxazole rings is 1. The summed E-state index contributed by atoms with van der Waals surface area (Å²) < 4.78 is 10.4. The number of hydrogen-bond donors (Lipinski definition) is 0. The highest BCUT2D eigenvalue weighted by Crippen LogP contribution is 2.12. The van der Waals surface area contributed by atoms with E-state index in [0.29, 0.717) is 18.8 Å². The van der Waals surface area contributed by atoms with Crippen molar-refractivity contribution in [2.24, 2.45) is 0 Å². The van der Waals surface area contributed by atoms with Gasteiger partial charge in [-0.3, -0.25) is 9.59 Å². The smallest absolute Gasteiger partial charge is 0.312 e. The maximum absolute atomic E-state index is 12.6. The molecule has 0 saturated carbocycles. The molecule has 0 aliphatic rings. The zero-order valence-electron chi connectivity index (χ0n) is 15.9. The number of benzene rings is 1. The summed E-state index contributed by atoms with van der Waals surface area (Å²) in [4.78, 5) is 30.1. The van der Waals surface area contributed by atoms with Crippen LogP contribution in [0.1, 0.15) is 62.4 Å². The van der Waals surface area contributed by atoms with E-state index in [9.17, 15) is 9.59 Å². The summed E-state index contributed by atoms with van der Waals surface area (Å²) in [6.45, 7) is 3.07. The van der Waals surface area contributed by atoms with Gasteiger partial charge in [0, 0.05) is 13.1 Å². The Labute approximate surface area is 160 Å². The molecule has 0 aliphatic heterocycles. The summed E-state index contributed by atoms with van der Waals surface area (Å²) in [7, 11) is 0. The molecule has 1 heterocycles. The van der Waals surface area contributed by atoms with E-state index in [2.05, 4.69) is 11.9 Å². The number of hydrogen-bond acceptors (Lipinski definition) is 5. The second-order valence-electron chi connectivity index (χ2n) is 6.46. The van der Waals surface area contributed by atoms with Gasteiger partial charge in [-0.25, -0.2) is 4.98 Å². The average molecular weight is 372 g/mol. The first-order valence-electron chi connectivity index (χ1n) is 9.64. The number of carbonyl (C=O) groups excluding carboxylic acids is 2. The zero-order chi connectivity index (χ0) is 19.3. The van der Waals surface area contributed by atoms with Crippen molar-refractivity contribution in [2.75, 3.05) is 13.1 Å². The van der Waals surface area contributed by atoms with Gasteiger partial charge in [0.05, 0.1) is 12.6 Å². The Morgan fingerprint density at radius 1 is 1.04 bits per heavy atom. The van der Waals surface area contributed by atoms with E-state index >= 15 is 0 Å². The molecular weight excluding hydrogens is 344 g/mol. The fourth-order valence-corrected chi connectivity index (χ4v) is 2.77. The number of aromatic nitrogens is 1. The van der Waals surface area contributed by atoms with Gasteiger partial charge in [0.15, 0.2) is 6.39 Å². The van der Waals surface area contributed by atoms with Gasteiger partial charge >= 0.3 is 5.97 Å². The molecule has 2 aromatic rings. The summed E-state index contributed by atoms with van der Waals surface area (Å²) in [5, 5.41) is 0. The molecule has 0 saturated heterocycles. The van der Waals surface area contributed by atoms with Crippen molar-refractivity contribution in [2.45, 2.75) is 51.9 Å². The summed E-state index contributed by atoms with van der Waals surface area (Å²) in [6, 6.07) is 8.93. The molecule has 0 N–H and O–H groups in total. The largest absolute Gasteiger partial charge is 0.438 e. The minimum Gasteiger partial charge on any atom is -0.438 e. The van der Waals surface area contributed by atoms with E-state index in [0.717, 1.165) is 19.3 Å². The van der Waals surface area contributed by atoms with Gasteiger partial charge < -0.3 is 14.1 Å². The molecular formula is C21H28N2O4. The fraction of sp³-hybridized carbons (Fsp3) is 0.476. The van der Waals surface area contributed by atoms with Crippen LogP contribution in [-0.4, -0.2) is 34.8 Å². The van der Waals surface area contributed by atoms with Gasteiger partial charge in [-0.15, -0.1) is 0 Å². The van der Waals surface area contributed by atoms with E-state index < -0.39 is 0 Å². The van der Waals surface area contributed by atoms with Gasteiger partial charge in [-0.2, -0.15) is 0 Å². The Hall–Kier alpha value is -2.63. The third kappa shape index (κ3) is 7.64. The van der Waals surface area contributed by atoms with Crippen LogP contribution in [0.3, 0.4) is 0 Å². The Morgan fingerprint density at radius 3 is 2.48 bits per heavy atom. The van der Waals surface area contributed by atoms with Crippen LogP contribution >= 0.6 is 0 Å². The molecule has 0 aliphatic carbocycles. The van der Waals surface area contributed by atoms with Gasteiger partial charge in [0.1, 0.15) is 5.75 Å². The molecule has 0 fully saturated rings. The van der Waals surface area contributed by atoms with Crippen LogP contribution in [0.15, 0.2) is 47.3 Å². The van der Waals surface area contributed by atoms with E-state index in [1.165, 1.54) is 31.9 Å². The maximum atomic E-state index is 12.6. The summed E-state index contributed by atoms with van der Waals surface area (Å²) in [5.74, 6) is 0.0945. The molecule has 0 unspecified atom stereocenters. The van der Waals surface area contributed by atoms with Crippen molar-refractivity contribution >= 4 is 11.9 Å². The number of carbonyl (C=O) groups is 2. The molecule has 0 spiro atoms. The van der Waals surface area contributed by atoms with Gasteiger partial charge in [-0.1, -0.05) is 57.2 Å². The van der Waals surface area contributed by atoms with Crippen molar-refractivity contribution < 1.29 is 18.7 Å². The molecule has 6 nitrogen and oxygen atoms in total. The monoisotopic (exact) mass is 372 g/mol. The minimum absolute atomic E-state index is 0.130. The van der Waals surface area contributed by atoms with Crippen molar-refractivity contribution in [3.63, 3.8) is 0 Å². The molecule has 1 amide bonds. The first-order valence-corrected chi connectivity index (χ1v) is 9.64. The molecule has 146 valence electrons. The standard InChI is InChI=1S/C21H28N2O4/c1-2-3-4-5-6-10-14-23(21(25)19-16-22-17-26-19)15-13-20(24)27-18-11-8-7-9-12-18/h7-9,11-12,16-17H,2-6,10,13-15H2,1H3. The molecule has 6 heteroatoms. The highest BCUT2D eigenvalue weighted by molar-refractivity contribution is 5.91. The van der Waals surface area contributed by atoms with Gasteiger partial charge in [0.2, 0.25) is 5.76 Å². The molecule has 27 heavy (non-hydrogen) atoms. The van der Waals surface area contributed by atoms with E-state index in [1.54, 1.807) is 29.2 Å². The van der Waals surface area contributed by atoms with E-state index in [4.69, 9.17) is 9.15 Å². The van der Waals surface area contributed by atoms with Gasteiger partial charge in [-0.05, 0) is 18.6 Å². The lowest BCUT2D eigenvalue weighted by molar-refractivity contribution is -0.134. The summed E-state index contributed by atoms with van der Waals surface area (Å²) in [6.07, 6.45) is 9.56. The fourth-order valence-electron chi connectivity index (χ4n) is 2.77. The Bertz CT molecular complexity index is 671. The molecule has 0 atom stereocenters. The van der Waals surface area contributed by atoms with Crippen LogP contribution in [0.2, 0.25) is 0 Å². The number of rotatable bonds is 12. The average Bonchev–Trinajstić information content (AvgIpc) is 3.22. The number of ether oxygens (including phenoxy) is 1. The normalized spacial score (nSPS) is 10.6. The van der Waals surface area contributed by atoms with Crippen LogP contribution < -0.4 is 4.74 Å². The Kier molecular flexibility index (Phi) is 9.10. The summed E-state index contributed by atoms with van der Waals surface area (Å²) >= 11 is 0. The molecule has 0 bridgehead atoms. The van der Waals surface area contributed by atoms with E-state index in [1.807, 2.05) is 6.07 Å². The zero-order valence-corrected chi connectivity index (χ0v) is 15.9. The van der Waals surface area contributed by atoms with Gasteiger partial charge in [0.25, 0.3) is 5.91 Å². The quantitative estimate of drug-likeness (QED) is 0.312. The van der Waals surface area contributed by atoms with Crippen molar-refractivity contribution in [3.05, 3.63) is 48.7 Å². The second-order valence-corrected chi connectivity index (χ2v) is 6.46. The predicted molar refractivity (Wildman–Crippen MR) is 102 cm³/mol. The third-order valence-corrected chi connectivity index (χ3v) is 4.27. The maximum Gasteiger partial charge on any atom is 0.312 e. The Balaban J connectivity index is 1.83. The number of nitrogens with zero attached hydrogens (tertiary/aromatic N) is 2. The highest BCUT2D eigenvalue weighted by atomic mass is 16.5. The number of para-hydroxylation sites is 1. The lowest BCUT2D eigenvalue weighted by Crippen LogP contribution is -2.34. The van der Waals surface area contributed by atoms with Crippen molar-refractivity contribution in [3.8, 4) is 5.75 Å². The first kappa shape index (κ1) is 20.7. The third-order valence-electron chi connectivity index (χ3n) is 4.27. The van der Waals surface area contributed by atoms with Crippen molar-refractivity contribution in [1.29, 1.82) is 0 Å². The SMILES string of the molecule is CCCCCCCCN(CCC(=O)Oc1ccccc1)C(=O)c1cnco1. The molecule has 1 aromatic heterocycles. The second kappa shape index (κ2) is 11.9.